The zero-order chi connectivity index (χ0) is 15.1. The summed E-state index contributed by atoms with van der Waals surface area (Å²) in [6, 6.07) is 16.9. The summed E-state index contributed by atoms with van der Waals surface area (Å²) in [7, 11) is 0. The zero-order valence-electron chi connectivity index (χ0n) is 12.3. The van der Waals surface area contributed by atoms with Crippen LogP contribution in [0.25, 0.3) is 0 Å². The van der Waals surface area contributed by atoms with Gasteiger partial charge < -0.3 is 10.1 Å². The Morgan fingerprint density at radius 1 is 1.10 bits per heavy atom. The molecule has 108 valence electrons. The van der Waals surface area contributed by atoms with Crippen LogP contribution in [-0.2, 0) is 0 Å². The lowest BCUT2D eigenvalue weighted by molar-refractivity contribution is 0.104. The van der Waals surface area contributed by atoms with Crippen molar-refractivity contribution in [3.63, 3.8) is 0 Å². The lowest BCUT2D eigenvalue weighted by Gasteiger charge is -2.08. The topological polar surface area (TPSA) is 38.3 Å². The molecule has 0 radical (unpaired) electrons. The normalized spacial score (nSPS) is 11.0. The van der Waals surface area contributed by atoms with Crippen LogP contribution >= 0.6 is 0 Å². The Morgan fingerprint density at radius 3 is 2.38 bits per heavy atom. The fraction of sp³-hybridized carbons (Fsp3) is 0.167. The number of ether oxygens (including phenoxy) is 1. The third-order valence-electron chi connectivity index (χ3n) is 2.91. The van der Waals surface area contributed by atoms with Gasteiger partial charge in [-0.05, 0) is 38.1 Å². The minimum absolute atomic E-state index is 0.00784. The number of rotatable bonds is 6. The van der Waals surface area contributed by atoms with Crippen molar-refractivity contribution in [3.05, 3.63) is 71.9 Å². The molecule has 3 nitrogen and oxygen atoms in total. The summed E-state index contributed by atoms with van der Waals surface area (Å²) in [5.74, 6) is 0.830. The van der Waals surface area contributed by atoms with Crippen LogP contribution in [0.2, 0.25) is 0 Å². The molecule has 3 heteroatoms. The minimum Gasteiger partial charge on any atom is -0.494 e. The molecule has 0 aliphatic rings. The second-order valence-corrected chi connectivity index (χ2v) is 4.64. The molecule has 0 aliphatic heterocycles. The predicted molar refractivity (Wildman–Crippen MR) is 85.8 cm³/mol. The number of nitrogens with one attached hydrogen (secondary N) is 1. The molecule has 0 heterocycles. The van der Waals surface area contributed by atoms with Crippen molar-refractivity contribution in [1.82, 2.24) is 0 Å². The highest BCUT2D eigenvalue weighted by atomic mass is 16.5. The van der Waals surface area contributed by atoms with Crippen molar-refractivity contribution < 1.29 is 9.53 Å². The van der Waals surface area contributed by atoms with Gasteiger partial charge in [0.1, 0.15) is 5.75 Å². The molecule has 2 aromatic carbocycles. The first-order chi connectivity index (χ1) is 10.2. The van der Waals surface area contributed by atoms with Gasteiger partial charge in [-0.25, -0.2) is 0 Å². The second kappa shape index (κ2) is 7.29. The van der Waals surface area contributed by atoms with Crippen LogP contribution in [0.3, 0.4) is 0 Å². The fourth-order valence-corrected chi connectivity index (χ4v) is 1.95. The molecule has 0 atom stereocenters. The van der Waals surface area contributed by atoms with Gasteiger partial charge in [-0.15, -0.1) is 0 Å². The zero-order valence-corrected chi connectivity index (χ0v) is 12.3. The van der Waals surface area contributed by atoms with Crippen molar-refractivity contribution in [2.45, 2.75) is 13.8 Å². The molecule has 0 amide bonds. The van der Waals surface area contributed by atoms with E-state index in [9.17, 15) is 4.79 Å². The lowest BCUT2D eigenvalue weighted by atomic mass is 10.1. The van der Waals surface area contributed by atoms with Gasteiger partial charge in [0, 0.05) is 23.0 Å². The number of carbonyl (C=O) groups is 1. The van der Waals surface area contributed by atoms with E-state index in [1.165, 1.54) is 0 Å². The summed E-state index contributed by atoms with van der Waals surface area (Å²) < 4.78 is 5.39. The van der Waals surface area contributed by atoms with E-state index >= 15 is 0 Å². The molecule has 21 heavy (non-hydrogen) atoms. The fourth-order valence-electron chi connectivity index (χ4n) is 1.95. The van der Waals surface area contributed by atoms with Gasteiger partial charge in [-0.3, -0.25) is 4.79 Å². The van der Waals surface area contributed by atoms with Crippen molar-refractivity contribution in [3.8, 4) is 5.75 Å². The van der Waals surface area contributed by atoms with E-state index in [-0.39, 0.29) is 5.78 Å². The quantitative estimate of drug-likeness (QED) is 0.634. The minimum atomic E-state index is -0.00784. The number of hydrogen-bond donors (Lipinski definition) is 1. The highest BCUT2D eigenvalue weighted by Crippen LogP contribution is 2.17. The van der Waals surface area contributed by atoms with Crippen LogP contribution in [0.5, 0.6) is 5.75 Å². The molecule has 0 aliphatic carbocycles. The summed E-state index contributed by atoms with van der Waals surface area (Å²) in [6.07, 6.45) is 1.60. The second-order valence-electron chi connectivity index (χ2n) is 4.64. The van der Waals surface area contributed by atoms with Gasteiger partial charge in [0.2, 0.25) is 0 Å². The Balaban J connectivity index is 2.01. The standard InChI is InChI=1S/C18H19NO2/c1-3-21-17-11-9-16(10-12-17)19-14(2)13-18(20)15-7-5-4-6-8-15/h4-13,19H,3H2,1-2H3. The van der Waals surface area contributed by atoms with Crippen LogP contribution in [0.1, 0.15) is 24.2 Å². The Hall–Kier alpha value is -2.55. The van der Waals surface area contributed by atoms with Gasteiger partial charge in [0.25, 0.3) is 0 Å². The Morgan fingerprint density at radius 2 is 1.76 bits per heavy atom. The van der Waals surface area contributed by atoms with E-state index in [1.807, 2.05) is 68.4 Å². The van der Waals surface area contributed by atoms with E-state index in [2.05, 4.69) is 5.32 Å². The lowest BCUT2D eigenvalue weighted by Crippen LogP contribution is -2.01. The maximum absolute atomic E-state index is 12.0. The summed E-state index contributed by atoms with van der Waals surface area (Å²) >= 11 is 0. The first-order valence-corrected chi connectivity index (χ1v) is 6.96. The number of benzene rings is 2. The molecular weight excluding hydrogens is 262 g/mol. The molecule has 0 aromatic heterocycles. The maximum Gasteiger partial charge on any atom is 0.187 e. The van der Waals surface area contributed by atoms with Crippen molar-refractivity contribution in [2.24, 2.45) is 0 Å². The van der Waals surface area contributed by atoms with Crippen molar-refractivity contribution >= 4 is 11.5 Å². The highest BCUT2D eigenvalue weighted by molar-refractivity contribution is 6.05. The van der Waals surface area contributed by atoms with Crippen molar-refractivity contribution in [2.75, 3.05) is 11.9 Å². The molecule has 1 N–H and O–H groups in total. The van der Waals surface area contributed by atoms with Gasteiger partial charge >= 0.3 is 0 Å². The summed E-state index contributed by atoms with van der Waals surface area (Å²) in [6.45, 7) is 4.48. The summed E-state index contributed by atoms with van der Waals surface area (Å²) in [5, 5.41) is 3.20. The molecular formula is C18H19NO2. The molecule has 0 bridgehead atoms. The van der Waals surface area contributed by atoms with Crippen molar-refractivity contribution in [1.29, 1.82) is 0 Å². The molecule has 0 saturated heterocycles. The Kier molecular flexibility index (Phi) is 5.16. The van der Waals surface area contributed by atoms with Crippen LogP contribution < -0.4 is 10.1 Å². The van der Waals surface area contributed by atoms with E-state index in [1.54, 1.807) is 6.08 Å². The Labute approximate surface area is 125 Å². The number of carbonyl (C=O) groups excluding carboxylic acids is 1. The molecule has 0 unspecified atom stereocenters. The largest absolute Gasteiger partial charge is 0.494 e. The van der Waals surface area contributed by atoms with Crippen LogP contribution in [-0.4, -0.2) is 12.4 Å². The van der Waals surface area contributed by atoms with E-state index < -0.39 is 0 Å². The monoisotopic (exact) mass is 281 g/mol. The van der Waals surface area contributed by atoms with E-state index in [0.29, 0.717) is 12.2 Å². The predicted octanol–water partition coefficient (Wildman–Crippen LogP) is 4.28. The van der Waals surface area contributed by atoms with Crippen LogP contribution in [0, 0.1) is 0 Å². The first kappa shape index (κ1) is 14.9. The first-order valence-electron chi connectivity index (χ1n) is 6.96. The smallest absolute Gasteiger partial charge is 0.187 e. The summed E-state index contributed by atoms with van der Waals surface area (Å²) in [5.41, 5.74) is 2.41. The van der Waals surface area contributed by atoms with E-state index in [0.717, 1.165) is 17.1 Å². The maximum atomic E-state index is 12.0. The third-order valence-corrected chi connectivity index (χ3v) is 2.91. The van der Waals surface area contributed by atoms with Crippen LogP contribution in [0.4, 0.5) is 5.69 Å². The molecule has 0 spiro atoms. The van der Waals surface area contributed by atoms with Gasteiger partial charge in [-0.1, -0.05) is 30.3 Å². The number of anilines is 1. The number of ketones is 1. The summed E-state index contributed by atoms with van der Waals surface area (Å²) in [4.78, 5) is 12.0. The van der Waals surface area contributed by atoms with Crippen LogP contribution in [0.15, 0.2) is 66.4 Å². The molecule has 2 aromatic rings. The average Bonchev–Trinajstić information content (AvgIpc) is 2.50. The third kappa shape index (κ3) is 4.49. The molecule has 0 saturated carbocycles. The Bertz CT molecular complexity index is 615. The average molecular weight is 281 g/mol. The van der Waals surface area contributed by atoms with Gasteiger partial charge in [0.05, 0.1) is 6.61 Å². The van der Waals surface area contributed by atoms with Gasteiger partial charge in [0.15, 0.2) is 5.78 Å². The highest BCUT2D eigenvalue weighted by Gasteiger charge is 2.02. The SMILES string of the molecule is CCOc1ccc(NC(C)=CC(=O)c2ccccc2)cc1. The van der Waals surface area contributed by atoms with E-state index in [4.69, 9.17) is 4.74 Å². The van der Waals surface area contributed by atoms with Gasteiger partial charge in [-0.2, -0.15) is 0 Å². The number of allylic oxidation sites excluding steroid dienone is 2. The molecule has 0 fully saturated rings. The molecule has 2 rings (SSSR count). The number of hydrogen-bond acceptors (Lipinski definition) is 3.